The fourth-order valence-electron chi connectivity index (χ4n) is 1.97. The first-order valence-electron chi connectivity index (χ1n) is 6.10. The van der Waals surface area contributed by atoms with E-state index in [0.29, 0.717) is 0 Å². The Morgan fingerprint density at radius 2 is 1.29 bits per heavy atom. The lowest BCUT2D eigenvalue weighted by Gasteiger charge is -2.10. The molecular weight excluding hydrogens is 208 g/mol. The van der Waals surface area contributed by atoms with Crippen molar-refractivity contribution in [3.63, 3.8) is 0 Å². The molecule has 0 aliphatic carbocycles. The van der Waals surface area contributed by atoms with Crippen LogP contribution in [0, 0.1) is 0 Å². The van der Waals surface area contributed by atoms with E-state index in [1.807, 2.05) is 36.4 Å². The standard InChI is InChI=1S/C16H18O/c17-16(13-15-9-5-2-6-10-15)12-11-14-7-3-1-4-8-14/h1-10,16-17H,11-13H2/t16-/m1/s1. The average molecular weight is 226 g/mol. The molecule has 0 aliphatic rings. The summed E-state index contributed by atoms with van der Waals surface area (Å²) >= 11 is 0. The second kappa shape index (κ2) is 6.21. The van der Waals surface area contributed by atoms with Gasteiger partial charge in [-0.1, -0.05) is 60.7 Å². The second-order valence-corrected chi connectivity index (χ2v) is 4.37. The Hall–Kier alpha value is -1.60. The van der Waals surface area contributed by atoms with Crippen LogP contribution in [0.15, 0.2) is 60.7 Å². The van der Waals surface area contributed by atoms with Crippen molar-refractivity contribution in [2.45, 2.75) is 25.4 Å². The minimum atomic E-state index is -0.252. The second-order valence-electron chi connectivity index (χ2n) is 4.37. The smallest absolute Gasteiger partial charge is 0.0583 e. The van der Waals surface area contributed by atoms with Crippen molar-refractivity contribution >= 4 is 0 Å². The van der Waals surface area contributed by atoms with Gasteiger partial charge in [0.1, 0.15) is 0 Å². The van der Waals surface area contributed by atoms with Crippen LogP contribution < -0.4 is 0 Å². The molecule has 2 aromatic rings. The van der Waals surface area contributed by atoms with Gasteiger partial charge in [0.2, 0.25) is 0 Å². The Balaban J connectivity index is 1.80. The van der Waals surface area contributed by atoms with Crippen molar-refractivity contribution in [1.82, 2.24) is 0 Å². The number of aliphatic hydroxyl groups excluding tert-OH is 1. The molecule has 0 amide bonds. The Kier molecular flexibility index (Phi) is 4.34. The number of aryl methyl sites for hydroxylation is 1. The Bertz CT molecular complexity index is 422. The molecule has 0 aliphatic heterocycles. The average Bonchev–Trinajstić information content (AvgIpc) is 2.39. The third kappa shape index (κ3) is 4.04. The number of hydrogen-bond donors (Lipinski definition) is 1. The lowest BCUT2D eigenvalue weighted by Crippen LogP contribution is -2.11. The summed E-state index contributed by atoms with van der Waals surface area (Å²) in [6.45, 7) is 0. The van der Waals surface area contributed by atoms with Gasteiger partial charge in [-0.05, 0) is 30.4 Å². The summed E-state index contributed by atoms with van der Waals surface area (Å²) in [4.78, 5) is 0. The molecule has 2 rings (SSSR count). The van der Waals surface area contributed by atoms with E-state index in [2.05, 4.69) is 24.3 Å². The third-order valence-electron chi connectivity index (χ3n) is 2.92. The summed E-state index contributed by atoms with van der Waals surface area (Å²) in [6, 6.07) is 20.5. The van der Waals surface area contributed by atoms with Gasteiger partial charge >= 0.3 is 0 Å². The Morgan fingerprint density at radius 3 is 1.88 bits per heavy atom. The van der Waals surface area contributed by atoms with Gasteiger partial charge in [0.05, 0.1) is 6.10 Å². The van der Waals surface area contributed by atoms with E-state index in [1.54, 1.807) is 0 Å². The van der Waals surface area contributed by atoms with E-state index >= 15 is 0 Å². The van der Waals surface area contributed by atoms with Crippen molar-refractivity contribution in [2.75, 3.05) is 0 Å². The van der Waals surface area contributed by atoms with Crippen LogP contribution in [-0.4, -0.2) is 11.2 Å². The molecule has 1 heteroatoms. The van der Waals surface area contributed by atoms with Crippen LogP contribution in [0.5, 0.6) is 0 Å². The maximum Gasteiger partial charge on any atom is 0.0583 e. The fourth-order valence-corrected chi connectivity index (χ4v) is 1.97. The van der Waals surface area contributed by atoms with E-state index in [9.17, 15) is 5.11 Å². The predicted octanol–water partition coefficient (Wildman–Crippen LogP) is 3.22. The summed E-state index contributed by atoms with van der Waals surface area (Å²) in [5.74, 6) is 0. The zero-order valence-corrected chi connectivity index (χ0v) is 9.92. The quantitative estimate of drug-likeness (QED) is 0.830. The zero-order valence-electron chi connectivity index (χ0n) is 9.92. The van der Waals surface area contributed by atoms with E-state index in [0.717, 1.165) is 19.3 Å². The minimum Gasteiger partial charge on any atom is -0.393 e. The lowest BCUT2D eigenvalue weighted by molar-refractivity contribution is 0.165. The summed E-state index contributed by atoms with van der Waals surface area (Å²) < 4.78 is 0. The van der Waals surface area contributed by atoms with Gasteiger partial charge in [-0.2, -0.15) is 0 Å². The molecule has 0 aromatic heterocycles. The van der Waals surface area contributed by atoms with Crippen molar-refractivity contribution in [3.05, 3.63) is 71.8 Å². The largest absolute Gasteiger partial charge is 0.393 e. The topological polar surface area (TPSA) is 20.2 Å². The van der Waals surface area contributed by atoms with Crippen LogP contribution in [0.1, 0.15) is 17.5 Å². The number of hydrogen-bond acceptors (Lipinski definition) is 1. The summed E-state index contributed by atoms with van der Waals surface area (Å²) in [7, 11) is 0. The van der Waals surface area contributed by atoms with Crippen LogP contribution in [0.3, 0.4) is 0 Å². The van der Waals surface area contributed by atoms with Crippen molar-refractivity contribution in [3.8, 4) is 0 Å². The molecular formula is C16H18O. The Labute approximate surface area is 103 Å². The van der Waals surface area contributed by atoms with E-state index < -0.39 is 0 Å². The molecule has 2 aromatic carbocycles. The van der Waals surface area contributed by atoms with E-state index in [4.69, 9.17) is 0 Å². The maximum atomic E-state index is 9.96. The van der Waals surface area contributed by atoms with E-state index in [1.165, 1.54) is 11.1 Å². The van der Waals surface area contributed by atoms with Crippen LogP contribution >= 0.6 is 0 Å². The third-order valence-corrected chi connectivity index (χ3v) is 2.92. The summed E-state index contributed by atoms with van der Waals surface area (Å²) in [6.07, 6.45) is 2.25. The molecule has 1 nitrogen and oxygen atoms in total. The predicted molar refractivity (Wildman–Crippen MR) is 70.9 cm³/mol. The number of rotatable bonds is 5. The van der Waals surface area contributed by atoms with Gasteiger partial charge < -0.3 is 5.11 Å². The van der Waals surface area contributed by atoms with Gasteiger partial charge in [0.25, 0.3) is 0 Å². The minimum absolute atomic E-state index is 0.252. The maximum absolute atomic E-state index is 9.96. The summed E-state index contributed by atoms with van der Waals surface area (Å²) in [5, 5.41) is 9.96. The molecule has 0 heterocycles. The number of aliphatic hydroxyl groups is 1. The molecule has 0 fully saturated rings. The number of benzene rings is 2. The molecule has 0 saturated carbocycles. The normalized spacial score (nSPS) is 12.3. The molecule has 17 heavy (non-hydrogen) atoms. The molecule has 0 unspecified atom stereocenters. The fraction of sp³-hybridized carbons (Fsp3) is 0.250. The molecule has 0 spiro atoms. The van der Waals surface area contributed by atoms with Crippen LogP contribution in [0.25, 0.3) is 0 Å². The van der Waals surface area contributed by atoms with Gasteiger partial charge in [-0.15, -0.1) is 0 Å². The first kappa shape index (κ1) is 11.9. The van der Waals surface area contributed by atoms with Crippen LogP contribution in [-0.2, 0) is 12.8 Å². The highest BCUT2D eigenvalue weighted by Crippen LogP contribution is 2.09. The Morgan fingerprint density at radius 1 is 0.765 bits per heavy atom. The molecule has 1 atom stereocenters. The zero-order chi connectivity index (χ0) is 11.9. The highest BCUT2D eigenvalue weighted by atomic mass is 16.3. The lowest BCUT2D eigenvalue weighted by atomic mass is 10.0. The van der Waals surface area contributed by atoms with Gasteiger partial charge in [0.15, 0.2) is 0 Å². The first-order chi connectivity index (χ1) is 8.34. The van der Waals surface area contributed by atoms with Crippen LogP contribution in [0.2, 0.25) is 0 Å². The highest BCUT2D eigenvalue weighted by Gasteiger charge is 2.05. The van der Waals surface area contributed by atoms with E-state index in [-0.39, 0.29) is 6.10 Å². The molecule has 0 saturated heterocycles. The van der Waals surface area contributed by atoms with Crippen molar-refractivity contribution in [2.24, 2.45) is 0 Å². The van der Waals surface area contributed by atoms with Gasteiger partial charge in [-0.3, -0.25) is 0 Å². The monoisotopic (exact) mass is 226 g/mol. The first-order valence-corrected chi connectivity index (χ1v) is 6.10. The van der Waals surface area contributed by atoms with Gasteiger partial charge in [0, 0.05) is 0 Å². The van der Waals surface area contributed by atoms with Crippen molar-refractivity contribution < 1.29 is 5.11 Å². The SMILES string of the molecule is O[C@H](CCc1ccccc1)Cc1ccccc1. The molecule has 0 bridgehead atoms. The molecule has 0 radical (unpaired) electrons. The molecule has 88 valence electrons. The van der Waals surface area contributed by atoms with Crippen LogP contribution in [0.4, 0.5) is 0 Å². The highest BCUT2D eigenvalue weighted by molar-refractivity contribution is 5.17. The van der Waals surface area contributed by atoms with Gasteiger partial charge in [-0.25, -0.2) is 0 Å². The summed E-state index contributed by atoms with van der Waals surface area (Å²) in [5.41, 5.74) is 2.49. The van der Waals surface area contributed by atoms with Crippen molar-refractivity contribution in [1.29, 1.82) is 0 Å². The molecule has 1 N–H and O–H groups in total.